The lowest BCUT2D eigenvalue weighted by molar-refractivity contribution is -0.176. The zero-order valence-electron chi connectivity index (χ0n) is 20.6. The fraction of sp³-hybridized carbons (Fsp3) is 0.367. The number of carbonyl (C=O) groups is 1. The Balaban J connectivity index is 2.02. The van der Waals surface area contributed by atoms with Crippen LogP contribution in [0.15, 0.2) is 91.0 Å². The van der Waals surface area contributed by atoms with Gasteiger partial charge in [-0.15, -0.1) is 0 Å². The third-order valence-corrected chi connectivity index (χ3v) is 7.32. The number of likely N-dealkylation sites (tertiary alicyclic amines) is 1. The summed E-state index contributed by atoms with van der Waals surface area (Å²) in [6, 6.07) is 31.2. The number of β-amino-alcohol motifs (C(OH)–C–C–N with tert-alkyl or cyclic N) is 1. The molecule has 1 heterocycles. The predicted molar refractivity (Wildman–Crippen MR) is 135 cm³/mol. The van der Waals surface area contributed by atoms with Gasteiger partial charge >= 0.3 is 5.97 Å². The zero-order chi connectivity index (χ0) is 24.4. The summed E-state index contributed by atoms with van der Waals surface area (Å²) in [6.45, 7) is 7.42. The molecule has 34 heavy (non-hydrogen) atoms. The van der Waals surface area contributed by atoms with Crippen molar-refractivity contribution in [1.29, 1.82) is 0 Å². The Kier molecular flexibility index (Phi) is 6.66. The first-order valence-corrected chi connectivity index (χ1v) is 11.9. The fourth-order valence-electron chi connectivity index (χ4n) is 5.44. The van der Waals surface area contributed by atoms with Crippen LogP contribution in [0.25, 0.3) is 0 Å². The highest BCUT2D eigenvalue weighted by Gasteiger charge is 2.54. The lowest BCUT2D eigenvalue weighted by Crippen LogP contribution is -2.63. The van der Waals surface area contributed by atoms with E-state index >= 15 is 0 Å². The van der Waals surface area contributed by atoms with E-state index in [1.807, 2.05) is 54.6 Å². The first-order valence-electron chi connectivity index (χ1n) is 11.9. The summed E-state index contributed by atoms with van der Waals surface area (Å²) in [5.74, 6) is -0.504. The molecule has 0 spiro atoms. The molecule has 0 radical (unpaired) electrons. The molecule has 4 heteroatoms. The highest BCUT2D eigenvalue weighted by Crippen LogP contribution is 2.48. The Bertz CT molecular complexity index is 995. The van der Waals surface area contributed by atoms with Crippen LogP contribution in [0.4, 0.5) is 0 Å². The van der Waals surface area contributed by atoms with Gasteiger partial charge in [0.2, 0.25) is 0 Å². The minimum atomic E-state index is -1.60. The summed E-state index contributed by atoms with van der Waals surface area (Å²) in [4.78, 5) is 15.2. The lowest BCUT2D eigenvalue weighted by atomic mass is 9.68. The number of ether oxygens (including phenoxy) is 1. The van der Waals surface area contributed by atoms with Crippen molar-refractivity contribution in [2.45, 2.75) is 38.3 Å². The van der Waals surface area contributed by atoms with E-state index in [0.29, 0.717) is 6.42 Å². The van der Waals surface area contributed by atoms with Crippen LogP contribution in [0.5, 0.6) is 0 Å². The number of methoxy groups -OCH3 is 1. The van der Waals surface area contributed by atoms with Gasteiger partial charge in [0.1, 0.15) is 0 Å². The van der Waals surface area contributed by atoms with E-state index < -0.39 is 17.1 Å². The second-order valence-electron chi connectivity index (χ2n) is 10.5. The summed E-state index contributed by atoms with van der Waals surface area (Å²) >= 11 is 0. The van der Waals surface area contributed by atoms with Crippen molar-refractivity contribution in [2.24, 2.45) is 11.3 Å². The van der Waals surface area contributed by atoms with Crippen LogP contribution in [-0.2, 0) is 15.1 Å². The second kappa shape index (κ2) is 9.36. The molecule has 1 aliphatic rings. The smallest absolute Gasteiger partial charge is 0.339 e. The zero-order valence-corrected chi connectivity index (χ0v) is 20.6. The van der Waals surface area contributed by atoms with E-state index in [1.54, 1.807) is 0 Å². The number of benzene rings is 3. The molecule has 1 saturated heterocycles. The molecule has 3 aromatic rings. The highest BCUT2D eigenvalue weighted by atomic mass is 16.5. The summed E-state index contributed by atoms with van der Waals surface area (Å²) in [5.41, 5.74) is 0.860. The van der Waals surface area contributed by atoms with Crippen LogP contribution in [0.2, 0.25) is 0 Å². The molecule has 0 aromatic heterocycles. The Hall–Kier alpha value is -2.95. The standard InChI is InChI=1S/C30H35NO3/c1-28(2,3)26-20-29(33,27(32)34-4)22-31(21-26)30(23-14-8-5-9-15-23,24-16-10-6-11-17-24)25-18-12-7-13-19-25/h5-19,26,33H,20-22H2,1-4H3/t26-,29+/m1/s1. The largest absolute Gasteiger partial charge is 0.467 e. The fourth-order valence-corrected chi connectivity index (χ4v) is 5.44. The van der Waals surface area contributed by atoms with Crippen LogP contribution >= 0.6 is 0 Å². The van der Waals surface area contributed by atoms with Crippen LogP contribution in [-0.4, -0.2) is 41.8 Å². The average molecular weight is 458 g/mol. The topological polar surface area (TPSA) is 49.8 Å². The number of hydrogen-bond acceptors (Lipinski definition) is 4. The molecule has 1 aliphatic heterocycles. The summed E-state index contributed by atoms with van der Waals surface area (Å²) in [7, 11) is 1.35. The van der Waals surface area contributed by atoms with Crippen LogP contribution in [0.3, 0.4) is 0 Å². The van der Waals surface area contributed by atoms with Gasteiger partial charge in [-0.1, -0.05) is 112 Å². The minimum absolute atomic E-state index is 0.0702. The Morgan fingerprint density at radius 3 is 1.62 bits per heavy atom. The molecular formula is C30H35NO3. The molecule has 4 nitrogen and oxygen atoms in total. The number of rotatable bonds is 5. The van der Waals surface area contributed by atoms with Crippen molar-refractivity contribution in [2.75, 3.05) is 20.2 Å². The number of aliphatic hydroxyl groups is 1. The van der Waals surface area contributed by atoms with Crippen molar-refractivity contribution < 1.29 is 14.6 Å². The molecule has 0 saturated carbocycles. The van der Waals surface area contributed by atoms with Crippen molar-refractivity contribution in [3.63, 3.8) is 0 Å². The van der Waals surface area contributed by atoms with Gasteiger partial charge in [0.05, 0.1) is 12.6 Å². The quantitative estimate of drug-likeness (QED) is 0.420. The van der Waals surface area contributed by atoms with Gasteiger partial charge in [-0.25, -0.2) is 4.79 Å². The summed E-state index contributed by atoms with van der Waals surface area (Å²) in [5, 5.41) is 11.7. The number of nitrogens with zero attached hydrogens (tertiary/aromatic N) is 1. The Morgan fingerprint density at radius 1 is 0.853 bits per heavy atom. The normalized spacial score (nSPS) is 21.7. The first-order chi connectivity index (χ1) is 16.2. The van der Waals surface area contributed by atoms with Crippen molar-refractivity contribution in [3.05, 3.63) is 108 Å². The summed E-state index contributed by atoms with van der Waals surface area (Å²) in [6.07, 6.45) is 0.369. The number of esters is 1. The molecule has 0 aliphatic carbocycles. The molecule has 0 amide bonds. The van der Waals surface area contributed by atoms with E-state index in [0.717, 1.165) is 23.2 Å². The molecule has 3 aromatic carbocycles. The van der Waals surface area contributed by atoms with E-state index in [2.05, 4.69) is 62.1 Å². The number of carbonyl (C=O) groups excluding carboxylic acids is 1. The Labute approximate surface area is 203 Å². The van der Waals surface area contributed by atoms with Crippen molar-refractivity contribution in [3.8, 4) is 0 Å². The SMILES string of the molecule is COC(=O)[C@]1(O)C[C@@H](C(C)(C)C)CN(C(c2ccccc2)(c2ccccc2)c2ccccc2)C1. The van der Waals surface area contributed by atoms with Gasteiger partial charge in [-0.2, -0.15) is 0 Å². The maximum Gasteiger partial charge on any atom is 0.339 e. The maximum absolute atomic E-state index is 12.9. The Morgan fingerprint density at radius 2 is 1.26 bits per heavy atom. The van der Waals surface area contributed by atoms with E-state index in [-0.39, 0.29) is 17.9 Å². The molecule has 1 N–H and O–H groups in total. The third-order valence-electron chi connectivity index (χ3n) is 7.32. The number of hydrogen-bond donors (Lipinski definition) is 1. The van der Waals surface area contributed by atoms with Crippen LogP contribution < -0.4 is 0 Å². The van der Waals surface area contributed by atoms with Gasteiger partial charge in [-0.3, -0.25) is 4.90 Å². The van der Waals surface area contributed by atoms with Gasteiger partial charge in [0, 0.05) is 13.1 Å². The van der Waals surface area contributed by atoms with E-state index in [1.165, 1.54) is 7.11 Å². The van der Waals surface area contributed by atoms with Crippen molar-refractivity contribution in [1.82, 2.24) is 4.90 Å². The number of piperidine rings is 1. The van der Waals surface area contributed by atoms with E-state index in [4.69, 9.17) is 4.74 Å². The molecule has 4 rings (SSSR count). The molecular weight excluding hydrogens is 422 g/mol. The van der Waals surface area contributed by atoms with Gasteiger partial charge in [-0.05, 0) is 34.4 Å². The second-order valence-corrected chi connectivity index (χ2v) is 10.5. The molecule has 2 atom stereocenters. The van der Waals surface area contributed by atoms with Crippen molar-refractivity contribution >= 4 is 5.97 Å². The minimum Gasteiger partial charge on any atom is -0.467 e. The molecule has 1 fully saturated rings. The average Bonchev–Trinajstić information content (AvgIpc) is 2.85. The monoisotopic (exact) mass is 457 g/mol. The van der Waals surface area contributed by atoms with Gasteiger partial charge in [0.25, 0.3) is 0 Å². The molecule has 0 unspecified atom stereocenters. The first kappa shape index (κ1) is 24.2. The van der Waals surface area contributed by atoms with Crippen LogP contribution in [0.1, 0.15) is 43.9 Å². The summed E-state index contributed by atoms with van der Waals surface area (Å²) < 4.78 is 5.12. The van der Waals surface area contributed by atoms with Gasteiger partial charge in [0.15, 0.2) is 5.60 Å². The van der Waals surface area contributed by atoms with E-state index in [9.17, 15) is 9.90 Å². The molecule has 0 bridgehead atoms. The lowest BCUT2D eigenvalue weighted by Gasteiger charge is -2.54. The predicted octanol–water partition coefficient (Wildman–Crippen LogP) is 5.25. The van der Waals surface area contributed by atoms with Crippen LogP contribution in [0, 0.1) is 11.3 Å². The third kappa shape index (κ3) is 4.28. The molecule has 178 valence electrons. The maximum atomic E-state index is 12.9. The highest BCUT2D eigenvalue weighted by molar-refractivity contribution is 5.79. The van der Waals surface area contributed by atoms with Gasteiger partial charge < -0.3 is 9.84 Å².